The Kier molecular flexibility index (Phi) is 2.07. The molecule has 0 aliphatic rings. The molecular weight excluding hydrogens is 175 g/mol. The van der Waals surface area contributed by atoms with E-state index in [2.05, 4.69) is 0 Å². The van der Waals surface area contributed by atoms with Crippen molar-refractivity contribution < 1.29 is 18.3 Å². The molecule has 0 atom stereocenters. The van der Waals surface area contributed by atoms with Crippen molar-refractivity contribution in [2.45, 2.75) is 6.43 Å². The predicted octanol–water partition coefficient (Wildman–Crippen LogP) is 1.16. The summed E-state index contributed by atoms with van der Waals surface area (Å²) in [5, 5.41) is 8.67. The standard InChI is InChI=1S/C6H4F3NO2/c7-5(8)2-1-3(11)10-6(9)4(2)12/h1,5,12H,(H,10,11). The molecule has 0 unspecified atom stereocenters. The zero-order valence-electron chi connectivity index (χ0n) is 5.64. The second-order valence-corrected chi connectivity index (χ2v) is 2.05. The van der Waals surface area contributed by atoms with Gasteiger partial charge in [0.05, 0.1) is 5.56 Å². The first-order valence-corrected chi connectivity index (χ1v) is 2.92. The summed E-state index contributed by atoms with van der Waals surface area (Å²) in [6.45, 7) is 0. The minimum atomic E-state index is -3.07. The van der Waals surface area contributed by atoms with Crippen LogP contribution in [0.3, 0.4) is 0 Å². The van der Waals surface area contributed by atoms with Crippen LogP contribution in [0.4, 0.5) is 13.2 Å². The summed E-state index contributed by atoms with van der Waals surface area (Å²) in [6, 6.07) is 0.447. The van der Waals surface area contributed by atoms with Gasteiger partial charge < -0.3 is 5.11 Å². The molecule has 3 nitrogen and oxygen atoms in total. The Balaban J connectivity index is 3.38. The second-order valence-electron chi connectivity index (χ2n) is 2.05. The third-order valence-electron chi connectivity index (χ3n) is 1.24. The monoisotopic (exact) mass is 179 g/mol. The molecule has 0 aliphatic carbocycles. The van der Waals surface area contributed by atoms with Crippen molar-refractivity contribution >= 4 is 0 Å². The van der Waals surface area contributed by atoms with Crippen LogP contribution in [0.25, 0.3) is 0 Å². The van der Waals surface area contributed by atoms with Gasteiger partial charge in [-0.25, -0.2) is 8.78 Å². The minimum absolute atomic E-state index is 0.447. The van der Waals surface area contributed by atoms with Gasteiger partial charge in [-0.2, -0.15) is 4.39 Å². The van der Waals surface area contributed by atoms with E-state index >= 15 is 0 Å². The van der Waals surface area contributed by atoms with E-state index in [0.717, 1.165) is 0 Å². The van der Waals surface area contributed by atoms with Gasteiger partial charge in [0.1, 0.15) is 0 Å². The summed E-state index contributed by atoms with van der Waals surface area (Å²) in [4.78, 5) is 12.0. The van der Waals surface area contributed by atoms with E-state index in [9.17, 15) is 18.0 Å². The van der Waals surface area contributed by atoms with Crippen molar-refractivity contribution in [2.24, 2.45) is 0 Å². The molecule has 1 aromatic heterocycles. The van der Waals surface area contributed by atoms with Crippen LogP contribution in [0.15, 0.2) is 10.9 Å². The highest BCUT2D eigenvalue weighted by atomic mass is 19.3. The molecule has 0 saturated carbocycles. The lowest BCUT2D eigenvalue weighted by molar-refractivity contribution is 0.146. The molecule has 0 saturated heterocycles. The Morgan fingerprint density at radius 3 is 2.58 bits per heavy atom. The smallest absolute Gasteiger partial charge is 0.267 e. The Bertz CT molecular complexity index is 347. The van der Waals surface area contributed by atoms with E-state index in [4.69, 9.17) is 5.11 Å². The Hall–Kier alpha value is -1.46. The molecule has 0 amide bonds. The van der Waals surface area contributed by atoms with Crippen LogP contribution >= 0.6 is 0 Å². The molecule has 66 valence electrons. The fraction of sp³-hybridized carbons (Fsp3) is 0.167. The third-order valence-corrected chi connectivity index (χ3v) is 1.24. The van der Waals surface area contributed by atoms with Crippen LogP contribution < -0.4 is 5.56 Å². The SMILES string of the molecule is O=c1cc(C(F)F)c(O)c(F)[nH]1. The topological polar surface area (TPSA) is 53.1 Å². The number of hydrogen-bond donors (Lipinski definition) is 2. The zero-order chi connectivity index (χ0) is 9.30. The summed E-state index contributed by atoms with van der Waals surface area (Å²) in [7, 11) is 0. The van der Waals surface area contributed by atoms with E-state index in [1.165, 1.54) is 4.98 Å². The number of hydrogen-bond acceptors (Lipinski definition) is 2. The highest BCUT2D eigenvalue weighted by molar-refractivity contribution is 5.30. The van der Waals surface area contributed by atoms with Gasteiger partial charge in [-0.1, -0.05) is 0 Å². The summed E-state index contributed by atoms with van der Waals surface area (Å²) < 4.78 is 36.2. The molecule has 0 aromatic carbocycles. The second kappa shape index (κ2) is 2.88. The number of nitrogens with one attached hydrogen (secondary N) is 1. The first-order valence-electron chi connectivity index (χ1n) is 2.92. The Labute approximate surface area is 64.5 Å². The molecule has 6 heteroatoms. The summed E-state index contributed by atoms with van der Waals surface area (Å²) in [5.74, 6) is -2.66. The molecule has 1 aromatic rings. The number of H-pyrrole nitrogens is 1. The van der Waals surface area contributed by atoms with Gasteiger partial charge in [-0.3, -0.25) is 9.78 Å². The molecule has 2 N–H and O–H groups in total. The first kappa shape index (κ1) is 8.63. The van der Waals surface area contributed by atoms with Crippen molar-refractivity contribution in [3.8, 4) is 5.75 Å². The number of aromatic hydroxyl groups is 1. The molecule has 0 radical (unpaired) electrons. The first-order chi connectivity index (χ1) is 5.52. The van der Waals surface area contributed by atoms with Crippen LogP contribution in [0.1, 0.15) is 12.0 Å². The maximum atomic E-state index is 12.4. The van der Waals surface area contributed by atoms with E-state index in [-0.39, 0.29) is 0 Å². The molecule has 0 fully saturated rings. The summed E-state index contributed by atoms with van der Waals surface area (Å²) in [6.07, 6.45) is -3.07. The van der Waals surface area contributed by atoms with Crippen molar-refractivity contribution in [2.75, 3.05) is 0 Å². The maximum absolute atomic E-state index is 12.4. The van der Waals surface area contributed by atoms with Crippen LogP contribution in [0.2, 0.25) is 0 Å². The van der Waals surface area contributed by atoms with E-state index in [0.29, 0.717) is 6.07 Å². The molecule has 0 aliphatic heterocycles. The quantitative estimate of drug-likeness (QED) is 0.635. The minimum Gasteiger partial charge on any atom is -0.503 e. The molecular formula is C6H4F3NO2. The molecule has 12 heavy (non-hydrogen) atoms. The molecule has 1 rings (SSSR count). The third kappa shape index (κ3) is 1.41. The molecule has 0 spiro atoms. The largest absolute Gasteiger partial charge is 0.503 e. The van der Waals surface area contributed by atoms with Crippen LogP contribution in [-0.2, 0) is 0 Å². The van der Waals surface area contributed by atoms with Gasteiger partial charge in [0.2, 0.25) is 5.95 Å². The van der Waals surface area contributed by atoms with Gasteiger partial charge in [0.25, 0.3) is 12.0 Å². The van der Waals surface area contributed by atoms with Crippen LogP contribution in [0.5, 0.6) is 5.75 Å². The summed E-state index contributed by atoms with van der Waals surface area (Å²) >= 11 is 0. The summed E-state index contributed by atoms with van der Waals surface area (Å²) in [5.41, 5.74) is -2.02. The van der Waals surface area contributed by atoms with Gasteiger partial charge in [0, 0.05) is 6.07 Å². The Morgan fingerprint density at radius 1 is 1.50 bits per heavy atom. The van der Waals surface area contributed by atoms with Gasteiger partial charge in [0.15, 0.2) is 5.75 Å². The fourth-order valence-corrected chi connectivity index (χ4v) is 0.706. The number of rotatable bonds is 1. The van der Waals surface area contributed by atoms with E-state index < -0.39 is 29.2 Å². The number of halogens is 3. The average Bonchev–Trinajstić information content (AvgIpc) is 1.96. The maximum Gasteiger partial charge on any atom is 0.267 e. The van der Waals surface area contributed by atoms with Gasteiger partial charge in [-0.15, -0.1) is 0 Å². The number of aromatic amines is 1. The van der Waals surface area contributed by atoms with Crippen LogP contribution in [0, 0.1) is 5.95 Å². The van der Waals surface area contributed by atoms with E-state index in [1.807, 2.05) is 0 Å². The lowest BCUT2D eigenvalue weighted by atomic mass is 10.2. The predicted molar refractivity (Wildman–Crippen MR) is 33.6 cm³/mol. The highest BCUT2D eigenvalue weighted by Crippen LogP contribution is 2.27. The average molecular weight is 179 g/mol. The number of pyridine rings is 1. The highest BCUT2D eigenvalue weighted by Gasteiger charge is 2.17. The van der Waals surface area contributed by atoms with Crippen molar-refractivity contribution in [1.82, 2.24) is 4.98 Å². The van der Waals surface area contributed by atoms with Crippen molar-refractivity contribution in [3.05, 3.63) is 27.9 Å². The van der Waals surface area contributed by atoms with E-state index in [1.54, 1.807) is 0 Å². The molecule has 1 heterocycles. The van der Waals surface area contributed by atoms with Crippen LogP contribution in [-0.4, -0.2) is 10.1 Å². The number of alkyl halides is 2. The fourth-order valence-electron chi connectivity index (χ4n) is 0.706. The lowest BCUT2D eigenvalue weighted by Crippen LogP contribution is -2.08. The molecule has 0 bridgehead atoms. The van der Waals surface area contributed by atoms with Crippen molar-refractivity contribution in [1.29, 1.82) is 0 Å². The lowest BCUT2D eigenvalue weighted by Gasteiger charge is -2.01. The normalized spacial score (nSPS) is 10.7. The van der Waals surface area contributed by atoms with Gasteiger partial charge >= 0.3 is 0 Å². The number of aromatic nitrogens is 1. The van der Waals surface area contributed by atoms with Crippen molar-refractivity contribution in [3.63, 3.8) is 0 Å². The zero-order valence-corrected chi connectivity index (χ0v) is 5.64. The van der Waals surface area contributed by atoms with Gasteiger partial charge in [-0.05, 0) is 0 Å². The Morgan fingerprint density at radius 2 is 2.08 bits per heavy atom.